The highest BCUT2D eigenvalue weighted by atomic mass is 79.9. The normalized spacial score (nSPS) is 10.3. The Morgan fingerprint density at radius 1 is 1.33 bits per heavy atom. The summed E-state index contributed by atoms with van der Waals surface area (Å²) in [4.78, 5) is 12.1. The quantitative estimate of drug-likeness (QED) is 0.868. The van der Waals surface area contributed by atoms with Gasteiger partial charge < -0.3 is 9.73 Å². The van der Waals surface area contributed by atoms with Gasteiger partial charge in [0.2, 0.25) is 0 Å². The summed E-state index contributed by atoms with van der Waals surface area (Å²) in [6.07, 6.45) is 2.25. The van der Waals surface area contributed by atoms with Crippen molar-refractivity contribution in [2.24, 2.45) is 0 Å². The Balaban J connectivity index is 2.21. The molecule has 0 radical (unpaired) electrons. The topological polar surface area (TPSA) is 42.2 Å². The van der Waals surface area contributed by atoms with Crippen LogP contribution < -0.4 is 5.32 Å². The maximum absolute atomic E-state index is 12.1. The molecule has 0 aliphatic rings. The van der Waals surface area contributed by atoms with Crippen molar-refractivity contribution in [2.75, 3.05) is 5.32 Å². The largest absolute Gasteiger partial charge is 0.469 e. The van der Waals surface area contributed by atoms with Crippen LogP contribution in [0.25, 0.3) is 0 Å². The summed E-state index contributed by atoms with van der Waals surface area (Å²) in [5, 5.41) is 3.61. The number of nitrogens with one attached hydrogen (secondary N) is 1. The van der Waals surface area contributed by atoms with Gasteiger partial charge in [-0.05, 0) is 17.7 Å². The van der Waals surface area contributed by atoms with E-state index in [9.17, 15) is 4.79 Å². The van der Waals surface area contributed by atoms with Gasteiger partial charge in [-0.2, -0.15) is 0 Å². The number of carbonyl (C=O) groups excluding carboxylic acids is 1. The molecule has 0 unspecified atom stereocenters. The molecule has 1 N–H and O–H groups in total. The number of rotatable bonds is 4. The Hall–Kier alpha value is -1.55. The van der Waals surface area contributed by atoms with Gasteiger partial charge in [0.15, 0.2) is 0 Å². The second-order valence-corrected chi connectivity index (χ2v) is 4.42. The van der Waals surface area contributed by atoms with E-state index in [0.29, 0.717) is 23.1 Å². The fourth-order valence-electron chi connectivity index (χ4n) is 1.77. The number of halogens is 1. The molecule has 18 heavy (non-hydrogen) atoms. The Morgan fingerprint density at radius 2 is 2.11 bits per heavy atom. The number of para-hydroxylation sites is 1. The lowest BCUT2D eigenvalue weighted by Crippen LogP contribution is -2.13. The highest BCUT2D eigenvalue weighted by Crippen LogP contribution is 2.20. The average Bonchev–Trinajstić information content (AvgIpc) is 2.87. The van der Waals surface area contributed by atoms with E-state index in [4.69, 9.17) is 4.42 Å². The van der Waals surface area contributed by atoms with Gasteiger partial charge in [-0.3, -0.25) is 4.79 Å². The molecule has 0 bridgehead atoms. The van der Waals surface area contributed by atoms with Crippen molar-refractivity contribution in [3.8, 4) is 0 Å². The highest BCUT2D eigenvalue weighted by molar-refractivity contribution is 9.08. The molecule has 4 heteroatoms. The van der Waals surface area contributed by atoms with Crippen LogP contribution >= 0.6 is 15.9 Å². The lowest BCUT2D eigenvalue weighted by molar-refractivity contribution is 0.102. The van der Waals surface area contributed by atoms with Crippen LogP contribution in [0, 0.1) is 0 Å². The Labute approximate surface area is 114 Å². The maximum Gasteiger partial charge on any atom is 0.259 e. The lowest BCUT2D eigenvalue weighted by Gasteiger charge is -2.08. The number of hydrogen-bond donors (Lipinski definition) is 1. The van der Waals surface area contributed by atoms with Crippen LogP contribution in [-0.4, -0.2) is 5.91 Å². The van der Waals surface area contributed by atoms with Gasteiger partial charge in [0.1, 0.15) is 5.76 Å². The number of hydrogen-bond acceptors (Lipinski definition) is 2. The monoisotopic (exact) mass is 307 g/mol. The molecule has 0 saturated heterocycles. The molecule has 0 fully saturated rings. The van der Waals surface area contributed by atoms with Gasteiger partial charge >= 0.3 is 0 Å². The first-order valence-corrected chi connectivity index (χ1v) is 6.90. The molecule has 1 aromatic carbocycles. The van der Waals surface area contributed by atoms with Crippen molar-refractivity contribution in [1.82, 2.24) is 0 Å². The first-order valence-electron chi connectivity index (χ1n) is 5.77. The number of carbonyl (C=O) groups is 1. The number of amides is 1. The Kier molecular flexibility index (Phi) is 4.20. The second kappa shape index (κ2) is 5.87. The zero-order chi connectivity index (χ0) is 13.0. The van der Waals surface area contributed by atoms with Gasteiger partial charge in [-0.25, -0.2) is 0 Å². The van der Waals surface area contributed by atoms with E-state index in [0.717, 1.165) is 11.3 Å². The van der Waals surface area contributed by atoms with E-state index < -0.39 is 0 Å². The summed E-state index contributed by atoms with van der Waals surface area (Å²) in [6, 6.07) is 9.41. The molecular formula is C14H14BrNO2. The van der Waals surface area contributed by atoms with Crippen molar-refractivity contribution in [1.29, 1.82) is 0 Å². The van der Waals surface area contributed by atoms with Crippen LogP contribution in [-0.2, 0) is 11.8 Å². The van der Waals surface area contributed by atoms with Crippen LogP contribution in [0.1, 0.15) is 28.6 Å². The van der Waals surface area contributed by atoms with E-state index in [1.807, 2.05) is 31.2 Å². The molecule has 0 aliphatic carbocycles. The number of anilines is 1. The SMILES string of the molecule is CCc1occc1C(=O)Nc1ccccc1CBr. The molecule has 2 aromatic rings. The third-order valence-corrected chi connectivity index (χ3v) is 3.32. The molecule has 0 atom stereocenters. The van der Waals surface area contributed by atoms with Crippen molar-refractivity contribution in [3.05, 3.63) is 53.5 Å². The molecule has 1 heterocycles. The molecule has 0 aliphatic heterocycles. The molecule has 1 aromatic heterocycles. The van der Waals surface area contributed by atoms with Crippen LogP contribution in [0.4, 0.5) is 5.69 Å². The number of benzene rings is 1. The smallest absolute Gasteiger partial charge is 0.259 e. The van der Waals surface area contributed by atoms with Gasteiger partial charge in [-0.1, -0.05) is 41.1 Å². The van der Waals surface area contributed by atoms with Crippen LogP contribution in [0.3, 0.4) is 0 Å². The number of alkyl halides is 1. The van der Waals surface area contributed by atoms with E-state index in [1.165, 1.54) is 0 Å². The van der Waals surface area contributed by atoms with E-state index >= 15 is 0 Å². The first kappa shape index (κ1) is 12.9. The molecule has 0 saturated carbocycles. The Morgan fingerprint density at radius 3 is 2.83 bits per heavy atom. The van der Waals surface area contributed by atoms with Crippen molar-refractivity contribution in [3.63, 3.8) is 0 Å². The predicted molar refractivity (Wildman–Crippen MR) is 75.1 cm³/mol. The summed E-state index contributed by atoms with van der Waals surface area (Å²) >= 11 is 3.41. The highest BCUT2D eigenvalue weighted by Gasteiger charge is 2.14. The van der Waals surface area contributed by atoms with Gasteiger partial charge in [0, 0.05) is 17.4 Å². The average molecular weight is 308 g/mol. The molecule has 3 nitrogen and oxygen atoms in total. The van der Waals surface area contributed by atoms with Crippen molar-refractivity contribution in [2.45, 2.75) is 18.7 Å². The van der Waals surface area contributed by atoms with Gasteiger partial charge in [0.25, 0.3) is 5.91 Å². The minimum Gasteiger partial charge on any atom is -0.469 e. The third kappa shape index (κ3) is 2.64. The first-order chi connectivity index (χ1) is 8.76. The van der Waals surface area contributed by atoms with Crippen LogP contribution in [0.5, 0.6) is 0 Å². The Bertz CT molecular complexity index is 548. The van der Waals surface area contributed by atoms with E-state index in [1.54, 1.807) is 12.3 Å². The lowest BCUT2D eigenvalue weighted by atomic mass is 10.1. The molecule has 2 rings (SSSR count). The fraction of sp³-hybridized carbons (Fsp3) is 0.214. The number of furan rings is 1. The molecular weight excluding hydrogens is 294 g/mol. The summed E-state index contributed by atoms with van der Waals surface area (Å²) in [6.45, 7) is 1.96. The van der Waals surface area contributed by atoms with Gasteiger partial charge in [-0.15, -0.1) is 0 Å². The summed E-state index contributed by atoms with van der Waals surface area (Å²) in [5.41, 5.74) is 2.47. The summed E-state index contributed by atoms with van der Waals surface area (Å²) in [7, 11) is 0. The predicted octanol–water partition coefficient (Wildman–Crippen LogP) is 3.99. The minimum absolute atomic E-state index is 0.131. The third-order valence-electron chi connectivity index (χ3n) is 2.72. The van der Waals surface area contributed by atoms with Crippen molar-refractivity contribution < 1.29 is 9.21 Å². The standard InChI is InChI=1S/C14H14BrNO2/c1-2-13-11(7-8-18-13)14(17)16-12-6-4-3-5-10(12)9-15/h3-8H,2,9H2,1H3,(H,16,17). The summed E-state index contributed by atoms with van der Waals surface area (Å²) in [5.74, 6) is 0.581. The van der Waals surface area contributed by atoms with E-state index in [2.05, 4.69) is 21.2 Å². The van der Waals surface area contributed by atoms with Crippen LogP contribution in [0.2, 0.25) is 0 Å². The maximum atomic E-state index is 12.1. The van der Waals surface area contributed by atoms with E-state index in [-0.39, 0.29) is 5.91 Å². The molecule has 0 spiro atoms. The van der Waals surface area contributed by atoms with Crippen LogP contribution in [0.15, 0.2) is 41.0 Å². The minimum atomic E-state index is -0.131. The van der Waals surface area contributed by atoms with Crippen molar-refractivity contribution >= 4 is 27.5 Å². The fourth-order valence-corrected chi connectivity index (χ4v) is 2.25. The zero-order valence-electron chi connectivity index (χ0n) is 10.1. The van der Waals surface area contributed by atoms with Gasteiger partial charge in [0.05, 0.1) is 11.8 Å². The second-order valence-electron chi connectivity index (χ2n) is 3.86. The zero-order valence-corrected chi connectivity index (χ0v) is 11.7. The molecule has 94 valence electrons. The summed E-state index contributed by atoms with van der Waals surface area (Å²) < 4.78 is 5.26. The molecule has 1 amide bonds. The number of aryl methyl sites for hydroxylation is 1.